The van der Waals surface area contributed by atoms with Crippen molar-refractivity contribution in [2.75, 3.05) is 43.4 Å². The van der Waals surface area contributed by atoms with E-state index < -0.39 is 11.7 Å². The molecule has 2 aliphatic rings. The third-order valence-electron chi connectivity index (χ3n) is 5.47. The molecule has 150 valence electrons. The second kappa shape index (κ2) is 8.65. The number of anilines is 2. The molecule has 1 saturated heterocycles. The summed E-state index contributed by atoms with van der Waals surface area (Å²) in [6.07, 6.45) is 1.30. The lowest BCUT2D eigenvalue weighted by molar-refractivity contribution is -0.880. The summed E-state index contributed by atoms with van der Waals surface area (Å²) < 4.78 is 39.6. The zero-order valence-electron chi connectivity index (χ0n) is 15.7. The third-order valence-corrected chi connectivity index (χ3v) is 5.69. The van der Waals surface area contributed by atoms with Gasteiger partial charge in [-0.1, -0.05) is 19.3 Å². The van der Waals surface area contributed by atoms with Gasteiger partial charge in [0.15, 0.2) is 5.11 Å². The van der Waals surface area contributed by atoms with Crippen molar-refractivity contribution in [2.24, 2.45) is 0 Å². The van der Waals surface area contributed by atoms with Crippen molar-refractivity contribution in [3.63, 3.8) is 0 Å². The maximum absolute atomic E-state index is 13.2. The Bertz CT molecular complexity index is 651. The number of thiocarbonyl (C=S) groups is 1. The van der Waals surface area contributed by atoms with Crippen LogP contribution < -0.4 is 20.4 Å². The first-order chi connectivity index (χ1) is 12.8. The fourth-order valence-electron chi connectivity index (χ4n) is 3.81. The molecule has 2 fully saturated rings. The molecule has 0 atom stereocenters. The molecule has 1 aromatic rings. The number of likely N-dealkylation sites (N-methyl/N-ethyl adjacent to an activating group) is 1. The molecule has 0 amide bonds. The molecule has 1 aliphatic heterocycles. The molecule has 0 spiro atoms. The van der Waals surface area contributed by atoms with Crippen LogP contribution in [0.1, 0.15) is 37.7 Å². The minimum Gasteiger partial charge on any atom is -0.360 e. The van der Waals surface area contributed by atoms with Crippen LogP contribution in [0, 0.1) is 0 Å². The highest BCUT2D eigenvalue weighted by molar-refractivity contribution is 7.80. The normalized spacial score (nSPS) is 19.8. The van der Waals surface area contributed by atoms with Crippen LogP contribution in [-0.2, 0) is 6.18 Å². The highest BCUT2D eigenvalue weighted by Gasteiger charge is 2.32. The standard InChI is InChI=1S/C19H27F3N4S/c1-25-9-11-26(12-10-25)17-8-7-14(19(20,21)22)13-16(17)24-18(27)23-15-5-3-2-4-6-15/h7-8,13,15H,2-6,9-12H2,1H3,(H2,23,24,27)/p+1. The van der Waals surface area contributed by atoms with Crippen LogP contribution in [0.15, 0.2) is 18.2 Å². The van der Waals surface area contributed by atoms with E-state index in [-0.39, 0.29) is 0 Å². The summed E-state index contributed by atoms with van der Waals surface area (Å²) >= 11 is 5.41. The van der Waals surface area contributed by atoms with Crippen molar-refractivity contribution < 1.29 is 18.1 Å². The molecule has 1 aliphatic carbocycles. The Morgan fingerprint density at radius 2 is 1.81 bits per heavy atom. The number of hydrogen-bond acceptors (Lipinski definition) is 2. The molecular formula is C19H28F3N4S+. The predicted octanol–water partition coefficient (Wildman–Crippen LogP) is 2.66. The Labute approximate surface area is 164 Å². The molecular weight excluding hydrogens is 373 g/mol. The van der Waals surface area contributed by atoms with E-state index in [2.05, 4.69) is 22.6 Å². The fraction of sp³-hybridized carbons (Fsp3) is 0.632. The Morgan fingerprint density at radius 3 is 2.44 bits per heavy atom. The number of quaternary nitrogens is 1. The number of hydrogen-bond donors (Lipinski definition) is 3. The summed E-state index contributed by atoms with van der Waals surface area (Å²) in [4.78, 5) is 3.57. The first-order valence-electron chi connectivity index (χ1n) is 9.68. The summed E-state index contributed by atoms with van der Waals surface area (Å²) in [5, 5.41) is 6.73. The molecule has 4 nitrogen and oxygen atoms in total. The number of piperazine rings is 1. The van der Waals surface area contributed by atoms with Crippen molar-refractivity contribution in [3.05, 3.63) is 23.8 Å². The first kappa shape index (κ1) is 20.2. The van der Waals surface area contributed by atoms with E-state index in [4.69, 9.17) is 12.2 Å². The molecule has 1 heterocycles. The van der Waals surface area contributed by atoms with Crippen LogP contribution >= 0.6 is 12.2 Å². The monoisotopic (exact) mass is 401 g/mol. The van der Waals surface area contributed by atoms with Crippen LogP contribution in [-0.4, -0.2) is 44.4 Å². The van der Waals surface area contributed by atoms with Gasteiger partial charge in [-0.05, 0) is 43.3 Å². The van der Waals surface area contributed by atoms with Crippen LogP contribution in [0.25, 0.3) is 0 Å². The van der Waals surface area contributed by atoms with Gasteiger partial charge in [0.2, 0.25) is 0 Å². The fourth-order valence-corrected chi connectivity index (χ4v) is 4.08. The average molecular weight is 402 g/mol. The smallest absolute Gasteiger partial charge is 0.360 e. The number of nitrogens with one attached hydrogen (secondary N) is 3. The van der Waals surface area contributed by atoms with Gasteiger partial charge >= 0.3 is 6.18 Å². The molecule has 3 rings (SSSR count). The average Bonchev–Trinajstić information content (AvgIpc) is 2.62. The Kier molecular flexibility index (Phi) is 6.47. The Morgan fingerprint density at radius 1 is 1.15 bits per heavy atom. The van der Waals surface area contributed by atoms with Gasteiger partial charge in [-0.25, -0.2) is 0 Å². The number of halogens is 3. The van der Waals surface area contributed by atoms with Crippen molar-refractivity contribution >= 4 is 28.7 Å². The molecule has 0 bridgehead atoms. The maximum Gasteiger partial charge on any atom is 0.416 e. The van der Waals surface area contributed by atoms with E-state index in [1.54, 1.807) is 6.07 Å². The SMILES string of the molecule is C[NH+]1CCN(c2ccc(C(F)(F)F)cc2NC(=S)NC2CCCCC2)CC1. The number of benzene rings is 1. The first-order valence-corrected chi connectivity index (χ1v) is 10.1. The highest BCUT2D eigenvalue weighted by Crippen LogP contribution is 2.35. The summed E-state index contributed by atoms with van der Waals surface area (Å²) in [6, 6.07) is 4.20. The summed E-state index contributed by atoms with van der Waals surface area (Å²) in [5.74, 6) is 0. The lowest BCUT2D eigenvalue weighted by Crippen LogP contribution is -3.12. The molecule has 1 aromatic carbocycles. The van der Waals surface area contributed by atoms with E-state index in [0.717, 1.165) is 50.8 Å². The van der Waals surface area contributed by atoms with E-state index in [0.29, 0.717) is 16.8 Å². The van der Waals surface area contributed by atoms with Gasteiger partial charge < -0.3 is 20.4 Å². The van der Waals surface area contributed by atoms with Crippen LogP contribution in [0.3, 0.4) is 0 Å². The summed E-state index contributed by atoms with van der Waals surface area (Å²) in [7, 11) is 2.13. The molecule has 0 unspecified atom stereocenters. The van der Waals surface area contributed by atoms with Crippen LogP contribution in [0.2, 0.25) is 0 Å². The summed E-state index contributed by atoms with van der Waals surface area (Å²) in [5.41, 5.74) is 0.551. The topological polar surface area (TPSA) is 31.7 Å². The van der Waals surface area contributed by atoms with E-state index in [1.165, 1.54) is 30.2 Å². The number of rotatable bonds is 3. The molecule has 3 N–H and O–H groups in total. The van der Waals surface area contributed by atoms with Crippen molar-refractivity contribution in [1.29, 1.82) is 0 Å². The third kappa shape index (κ3) is 5.48. The van der Waals surface area contributed by atoms with E-state index in [9.17, 15) is 13.2 Å². The van der Waals surface area contributed by atoms with Gasteiger partial charge in [0.25, 0.3) is 0 Å². The van der Waals surface area contributed by atoms with Crippen molar-refractivity contribution in [1.82, 2.24) is 5.32 Å². The van der Waals surface area contributed by atoms with Gasteiger partial charge in [-0.3, -0.25) is 0 Å². The Balaban J connectivity index is 1.77. The minimum atomic E-state index is -4.38. The van der Waals surface area contributed by atoms with E-state index in [1.807, 2.05) is 0 Å². The number of alkyl halides is 3. The van der Waals surface area contributed by atoms with Gasteiger partial charge in [0, 0.05) is 6.04 Å². The summed E-state index contributed by atoms with van der Waals surface area (Å²) in [6.45, 7) is 3.56. The second-order valence-corrected chi connectivity index (χ2v) is 8.02. The zero-order valence-corrected chi connectivity index (χ0v) is 16.5. The van der Waals surface area contributed by atoms with Gasteiger partial charge in [0.1, 0.15) is 0 Å². The van der Waals surface area contributed by atoms with Crippen LogP contribution in [0.5, 0.6) is 0 Å². The predicted molar refractivity (Wildman–Crippen MR) is 107 cm³/mol. The van der Waals surface area contributed by atoms with E-state index >= 15 is 0 Å². The van der Waals surface area contributed by atoms with Gasteiger partial charge in [-0.2, -0.15) is 13.2 Å². The largest absolute Gasteiger partial charge is 0.416 e. The zero-order chi connectivity index (χ0) is 19.4. The maximum atomic E-state index is 13.2. The van der Waals surface area contributed by atoms with Gasteiger partial charge in [-0.15, -0.1) is 0 Å². The quantitative estimate of drug-likeness (QED) is 0.680. The molecule has 8 heteroatoms. The molecule has 0 aromatic heterocycles. The second-order valence-electron chi connectivity index (χ2n) is 7.61. The van der Waals surface area contributed by atoms with Crippen molar-refractivity contribution in [2.45, 2.75) is 44.3 Å². The Hall–Kier alpha value is -1.54. The minimum absolute atomic E-state index is 0.306. The molecule has 27 heavy (non-hydrogen) atoms. The number of nitrogens with zero attached hydrogens (tertiary/aromatic N) is 1. The highest BCUT2D eigenvalue weighted by atomic mass is 32.1. The van der Waals surface area contributed by atoms with Crippen LogP contribution in [0.4, 0.5) is 24.5 Å². The van der Waals surface area contributed by atoms with Crippen molar-refractivity contribution in [3.8, 4) is 0 Å². The molecule has 1 saturated carbocycles. The molecule has 0 radical (unpaired) electrons. The lowest BCUT2D eigenvalue weighted by Gasteiger charge is -2.33. The van der Waals surface area contributed by atoms with Gasteiger partial charge in [0.05, 0.1) is 50.2 Å². The lowest BCUT2D eigenvalue weighted by atomic mass is 9.96.